The van der Waals surface area contributed by atoms with E-state index >= 15 is 0 Å². The highest BCUT2D eigenvalue weighted by atomic mass is 35.5. The van der Waals surface area contributed by atoms with Crippen LogP contribution in [-0.4, -0.2) is 36.3 Å². The van der Waals surface area contributed by atoms with E-state index in [2.05, 4.69) is 6.07 Å². The monoisotopic (exact) mass is 538 g/mol. The number of imide groups is 1. The van der Waals surface area contributed by atoms with Crippen LogP contribution >= 0.6 is 23.4 Å². The fourth-order valence-electron chi connectivity index (χ4n) is 3.50. The number of hydrogen-bond donors (Lipinski definition) is 0. The van der Waals surface area contributed by atoms with Gasteiger partial charge in [0.1, 0.15) is 24.8 Å². The summed E-state index contributed by atoms with van der Waals surface area (Å²) in [7, 11) is 1.46. The standard InChI is InChI=1S/C27H20ClFN2O5S/c1-34-23-13-17(12-22(28)25(23)36-16-19-5-3-2-4-18(19)15-30)14-24-26(32)31(27(33)37-24)10-11-35-21-8-6-20(29)7-9-21/h2-9,12-14H,10-11,16H2,1H3/b24-14-. The van der Waals surface area contributed by atoms with Crippen molar-refractivity contribution in [3.05, 3.63) is 93.1 Å². The molecule has 0 radical (unpaired) electrons. The average Bonchev–Trinajstić information content (AvgIpc) is 3.16. The highest BCUT2D eigenvalue weighted by Crippen LogP contribution is 2.39. The molecule has 0 unspecified atom stereocenters. The Labute approximate surface area is 222 Å². The van der Waals surface area contributed by atoms with Gasteiger partial charge in [0.25, 0.3) is 11.1 Å². The van der Waals surface area contributed by atoms with Gasteiger partial charge in [0.15, 0.2) is 11.5 Å². The highest BCUT2D eigenvalue weighted by Gasteiger charge is 2.35. The molecule has 37 heavy (non-hydrogen) atoms. The summed E-state index contributed by atoms with van der Waals surface area (Å²) in [5, 5.41) is 9.09. The Morgan fingerprint density at radius 3 is 2.59 bits per heavy atom. The lowest BCUT2D eigenvalue weighted by Crippen LogP contribution is -2.32. The molecule has 1 aliphatic rings. The summed E-state index contributed by atoms with van der Waals surface area (Å²) in [5.74, 6) is 0.217. The molecule has 0 N–H and O–H groups in total. The van der Waals surface area contributed by atoms with E-state index < -0.39 is 11.1 Å². The van der Waals surface area contributed by atoms with Crippen molar-refractivity contribution in [3.63, 3.8) is 0 Å². The molecule has 3 aromatic carbocycles. The molecule has 0 aromatic heterocycles. The lowest BCUT2D eigenvalue weighted by Gasteiger charge is -2.14. The van der Waals surface area contributed by atoms with Gasteiger partial charge in [-0.25, -0.2) is 4.39 Å². The van der Waals surface area contributed by atoms with Gasteiger partial charge in [0.05, 0.1) is 35.2 Å². The number of nitriles is 1. The quantitative estimate of drug-likeness (QED) is 0.306. The molecule has 188 valence electrons. The Kier molecular flexibility index (Phi) is 8.33. The second-order valence-corrected chi connectivity index (χ2v) is 9.13. The molecule has 1 saturated heterocycles. The van der Waals surface area contributed by atoms with E-state index in [0.717, 1.165) is 16.7 Å². The van der Waals surface area contributed by atoms with Gasteiger partial charge in [0, 0.05) is 5.56 Å². The Balaban J connectivity index is 1.45. The van der Waals surface area contributed by atoms with Crippen molar-refractivity contribution >= 4 is 40.6 Å². The van der Waals surface area contributed by atoms with Crippen LogP contribution in [0.3, 0.4) is 0 Å². The van der Waals surface area contributed by atoms with Crippen molar-refractivity contribution in [2.75, 3.05) is 20.3 Å². The van der Waals surface area contributed by atoms with Gasteiger partial charge in [-0.1, -0.05) is 29.8 Å². The lowest BCUT2D eigenvalue weighted by molar-refractivity contribution is -0.123. The predicted octanol–water partition coefficient (Wildman–Crippen LogP) is 6.05. The summed E-state index contributed by atoms with van der Waals surface area (Å²) in [5.41, 5.74) is 1.73. The fraction of sp³-hybridized carbons (Fsp3) is 0.148. The van der Waals surface area contributed by atoms with Crippen molar-refractivity contribution in [2.45, 2.75) is 6.61 Å². The first-order chi connectivity index (χ1) is 17.9. The topological polar surface area (TPSA) is 88.9 Å². The largest absolute Gasteiger partial charge is 0.493 e. The lowest BCUT2D eigenvalue weighted by atomic mass is 10.1. The van der Waals surface area contributed by atoms with Crippen molar-refractivity contribution in [3.8, 4) is 23.3 Å². The van der Waals surface area contributed by atoms with E-state index in [1.54, 1.807) is 36.4 Å². The smallest absolute Gasteiger partial charge is 0.293 e. The van der Waals surface area contributed by atoms with E-state index in [-0.39, 0.29) is 35.5 Å². The van der Waals surface area contributed by atoms with Crippen LogP contribution in [0.5, 0.6) is 17.2 Å². The molecule has 0 atom stereocenters. The number of benzene rings is 3. The van der Waals surface area contributed by atoms with Crippen LogP contribution in [0.4, 0.5) is 9.18 Å². The van der Waals surface area contributed by atoms with Crippen LogP contribution in [-0.2, 0) is 11.4 Å². The van der Waals surface area contributed by atoms with Crippen molar-refractivity contribution < 1.29 is 28.2 Å². The van der Waals surface area contributed by atoms with Crippen LogP contribution in [0.2, 0.25) is 5.02 Å². The predicted molar refractivity (Wildman–Crippen MR) is 138 cm³/mol. The van der Waals surface area contributed by atoms with Gasteiger partial charge < -0.3 is 14.2 Å². The zero-order chi connectivity index (χ0) is 26.4. The van der Waals surface area contributed by atoms with E-state index in [4.69, 9.17) is 25.8 Å². The summed E-state index contributed by atoms with van der Waals surface area (Å²) < 4.78 is 29.8. The highest BCUT2D eigenvalue weighted by molar-refractivity contribution is 8.18. The first-order valence-corrected chi connectivity index (χ1v) is 12.2. The van der Waals surface area contributed by atoms with E-state index in [1.165, 1.54) is 31.4 Å². The molecule has 0 spiro atoms. The van der Waals surface area contributed by atoms with Crippen LogP contribution < -0.4 is 14.2 Å². The number of halogens is 2. The first-order valence-electron chi connectivity index (χ1n) is 11.0. The molecule has 0 bridgehead atoms. The van der Waals surface area contributed by atoms with Gasteiger partial charge in [-0.05, 0) is 65.9 Å². The number of amides is 2. The molecule has 3 aromatic rings. The molecular formula is C27H20ClFN2O5S. The molecule has 10 heteroatoms. The van der Waals surface area contributed by atoms with Gasteiger partial charge in [-0.2, -0.15) is 5.26 Å². The van der Waals surface area contributed by atoms with Crippen molar-refractivity contribution in [1.82, 2.24) is 4.90 Å². The average molecular weight is 539 g/mol. The van der Waals surface area contributed by atoms with Crippen molar-refractivity contribution in [1.29, 1.82) is 5.26 Å². The van der Waals surface area contributed by atoms with Crippen LogP contribution in [0, 0.1) is 17.1 Å². The van der Waals surface area contributed by atoms with Crippen molar-refractivity contribution in [2.24, 2.45) is 0 Å². The number of carbonyl (C=O) groups is 2. The first kappa shape index (κ1) is 26.1. The zero-order valence-corrected chi connectivity index (χ0v) is 21.1. The number of carbonyl (C=O) groups excluding carboxylic acids is 2. The van der Waals surface area contributed by atoms with E-state index in [1.807, 2.05) is 6.07 Å². The van der Waals surface area contributed by atoms with Crippen LogP contribution in [0.1, 0.15) is 16.7 Å². The number of nitrogens with zero attached hydrogens (tertiary/aromatic N) is 2. The molecule has 2 amide bonds. The SMILES string of the molecule is COc1cc(/C=C2\SC(=O)N(CCOc3ccc(F)cc3)C2=O)cc(Cl)c1OCc1ccccc1C#N. The molecule has 7 nitrogen and oxygen atoms in total. The zero-order valence-electron chi connectivity index (χ0n) is 19.6. The third-order valence-corrected chi connectivity index (χ3v) is 6.52. The Bertz CT molecular complexity index is 1400. The summed E-state index contributed by atoms with van der Waals surface area (Å²) in [4.78, 5) is 26.6. The number of rotatable bonds is 9. The second-order valence-electron chi connectivity index (χ2n) is 7.73. The summed E-state index contributed by atoms with van der Waals surface area (Å²) in [6.45, 7) is 0.218. The van der Waals surface area contributed by atoms with Gasteiger partial charge in [-0.3, -0.25) is 14.5 Å². The molecule has 1 fully saturated rings. The molecule has 1 aliphatic heterocycles. The summed E-state index contributed by atoms with van der Waals surface area (Å²) in [6, 6.07) is 17.9. The van der Waals surface area contributed by atoms with Gasteiger partial charge in [0.2, 0.25) is 0 Å². The second kappa shape index (κ2) is 11.8. The number of hydrogen-bond acceptors (Lipinski definition) is 7. The maximum Gasteiger partial charge on any atom is 0.293 e. The minimum atomic E-state index is -0.457. The van der Waals surface area contributed by atoms with Gasteiger partial charge >= 0.3 is 0 Å². The number of ether oxygens (including phenoxy) is 3. The maximum atomic E-state index is 13.0. The van der Waals surface area contributed by atoms with Crippen LogP contribution in [0.25, 0.3) is 6.08 Å². The Hall–Kier alpha value is -4.00. The third-order valence-electron chi connectivity index (χ3n) is 5.33. The number of thioether (sulfide) groups is 1. The summed E-state index contributed by atoms with van der Waals surface area (Å²) in [6.07, 6.45) is 1.55. The fourth-order valence-corrected chi connectivity index (χ4v) is 4.64. The maximum absolute atomic E-state index is 13.0. The minimum absolute atomic E-state index is 0.0421. The van der Waals surface area contributed by atoms with Gasteiger partial charge in [-0.15, -0.1) is 0 Å². The van der Waals surface area contributed by atoms with E-state index in [0.29, 0.717) is 33.9 Å². The molecule has 1 heterocycles. The molecule has 0 saturated carbocycles. The number of methoxy groups -OCH3 is 1. The summed E-state index contributed by atoms with van der Waals surface area (Å²) >= 11 is 7.27. The Morgan fingerprint density at radius 1 is 1.11 bits per heavy atom. The molecular weight excluding hydrogens is 519 g/mol. The Morgan fingerprint density at radius 2 is 1.86 bits per heavy atom. The van der Waals surface area contributed by atoms with Crippen LogP contribution in [0.15, 0.2) is 65.6 Å². The molecule has 0 aliphatic carbocycles. The third kappa shape index (κ3) is 6.23. The van der Waals surface area contributed by atoms with E-state index in [9.17, 15) is 19.2 Å². The minimum Gasteiger partial charge on any atom is -0.493 e. The molecule has 4 rings (SSSR count). The normalized spacial score (nSPS) is 14.1.